The first-order valence-corrected chi connectivity index (χ1v) is 7.84. The Hall–Kier alpha value is 0.537. The van der Waals surface area contributed by atoms with Gasteiger partial charge in [-0.25, -0.2) is 0 Å². The predicted molar refractivity (Wildman–Crippen MR) is 53.4 cm³/mol. The van der Waals surface area contributed by atoms with Gasteiger partial charge in [0.2, 0.25) is 0 Å². The lowest BCUT2D eigenvalue weighted by Gasteiger charge is -2.16. The second kappa shape index (κ2) is 5.23. The third-order valence-corrected chi connectivity index (χ3v) is 3.92. The molecule has 0 bridgehead atoms. The number of allylic oxidation sites excluding steroid dienone is 2. The average Bonchev–Trinajstić information content (AvgIpc) is 2.03. The molecule has 1 rings (SSSR count). The molecule has 0 N–H and O–H groups in total. The molecule has 0 aliphatic heterocycles. The summed E-state index contributed by atoms with van der Waals surface area (Å²) in [5.74, 6) is 0.859. The molecular weight excluding hydrogens is 195 g/mol. The van der Waals surface area contributed by atoms with Gasteiger partial charge in [-0.2, -0.15) is 0 Å². The monoisotopic (exact) mass is 207 g/mol. The van der Waals surface area contributed by atoms with Crippen molar-refractivity contribution in [1.82, 2.24) is 0 Å². The summed E-state index contributed by atoms with van der Waals surface area (Å²) in [6.45, 7) is 0. The second-order valence-corrected chi connectivity index (χ2v) is 7.52. The quantitative estimate of drug-likeness (QED) is 0.377. The fraction of sp³-hybridized carbons (Fsp3) is 0.750. The highest BCUT2D eigenvalue weighted by Crippen LogP contribution is 2.24. The van der Waals surface area contributed by atoms with Gasteiger partial charge in [0.15, 0.2) is 0 Å². The van der Waals surface area contributed by atoms with E-state index in [4.69, 9.17) is 22.2 Å². The topological polar surface area (TPSA) is 0 Å². The van der Waals surface area contributed by atoms with E-state index in [1.165, 1.54) is 25.7 Å². The minimum absolute atomic E-state index is 0.859. The Morgan fingerprint density at radius 3 is 2.73 bits per heavy atom. The summed E-state index contributed by atoms with van der Waals surface area (Å²) in [5, 5.41) is 0. The van der Waals surface area contributed by atoms with Crippen LogP contribution in [0.1, 0.15) is 25.7 Å². The molecule has 0 aromatic heterocycles. The van der Waals surface area contributed by atoms with Gasteiger partial charge in [0, 0.05) is 0 Å². The fourth-order valence-corrected chi connectivity index (χ4v) is 2.71. The largest absolute Gasteiger partial charge is 0.273 e. The van der Waals surface area contributed by atoms with Crippen LogP contribution in [0.2, 0.25) is 6.04 Å². The van der Waals surface area contributed by atoms with Crippen molar-refractivity contribution in [1.29, 1.82) is 0 Å². The van der Waals surface area contributed by atoms with Gasteiger partial charge in [0.05, 0.1) is 0 Å². The van der Waals surface area contributed by atoms with E-state index in [-0.39, 0.29) is 0 Å². The Kier molecular flexibility index (Phi) is 4.58. The van der Waals surface area contributed by atoms with Crippen LogP contribution in [-0.4, -0.2) is 7.42 Å². The molecule has 1 aliphatic rings. The summed E-state index contributed by atoms with van der Waals surface area (Å²) in [5.41, 5.74) is 0. The molecule has 1 unspecified atom stereocenters. The van der Waals surface area contributed by atoms with Crippen molar-refractivity contribution in [2.45, 2.75) is 31.7 Å². The van der Waals surface area contributed by atoms with Gasteiger partial charge in [-0.05, 0) is 31.2 Å². The fourth-order valence-electron chi connectivity index (χ4n) is 1.43. The minimum atomic E-state index is -1.01. The van der Waals surface area contributed by atoms with Crippen molar-refractivity contribution in [3.8, 4) is 0 Å². The molecule has 0 saturated carbocycles. The van der Waals surface area contributed by atoms with Gasteiger partial charge >= 0.3 is 0 Å². The zero-order chi connectivity index (χ0) is 8.10. The van der Waals surface area contributed by atoms with Crippen LogP contribution in [0, 0.1) is 5.92 Å². The molecule has 0 nitrogen and oxygen atoms in total. The van der Waals surface area contributed by atoms with E-state index in [2.05, 4.69) is 12.2 Å². The third-order valence-electron chi connectivity index (χ3n) is 2.12. The van der Waals surface area contributed by atoms with Gasteiger partial charge < -0.3 is 0 Å². The number of rotatable bonds is 3. The Labute approximate surface area is 79.6 Å². The molecule has 1 atom stereocenters. The first-order valence-electron chi connectivity index (χ1n) is 4.11. The maximum atomic E-state index is 5.75. The summed E-state index contributed by atoms with van der Waals surface area (Å²) in [6.07, 6.45) is 9.60. The molecule has 63 valence electrons. The zero-order valence-electron chi connectivity index (χ0n) is 6.52. The average molecular weight is 208 g/mol. The lowest BCUT2D eigenvalue weighted by atomic mass is 9.92. The zero-order valence-corrected chi connectivity index (χ0v) is 9.04. The smallest absolute Gasteiger partial charge is 0.147 e. The molecular formula is C8H13Cl2Si. The van der Waals surface area contributed by atoms with Crippen molar-refractivity contribution < 1.29 is 0 Å². The molecule has 0 saturated heterocycles. The lowest BCUT2D eigenvalue weighted by molar-refractivity contribution is 0.465. The first kappa shape index (κ1) is 9.62. The molecule has 1 aliphatic carbocycles. The van der Waals surface area contributed by atoms with Crippen LogP contribution in [-0.2, 0) is 0 Å². The number of halogens is 2. The summed E-state index contributed by atoms with van der Waals surface area (Å²) < 4.78 is 0. The maximum absolute atomic E-state index is 5.75. The van der Waals surface area contributed by atoms with E-state index in [1.54, 1.807) is 0 Å². The molecule has 1 radical (unpaired) electrons. The summed E-state index contributed by atoms with van der Waals surface area (Å²) in [7, 11) is -1.01. The van der Waals surface area contributed by atoms with Crippen LogP contribution in [0.4, 0.5) is 0 Å². The van der Waals surface area contributed by atoms with Gasteiger partial charge in [0.1, 0.15) is 0 Å². The highest BCUT2D eigenvalue weighted by atomic mass is 35.7. The van der Waals surface area contributed by atoms with Crippen molar-refractivity contribution in [2.24, 2.45) is 5.92 Å². The molecule has 3 heteroatoms. The molecule has 0 heterocycles. The highest BCUT2D eigenvalue weighted by molar-refractivity contribution is 7.33. The van der Waals surface area contributed by atoms with E-state index in [0.29, 0.717) is 0 Å². The first-order chi connectivity index (χ1) is 5.29. The normalized spacial score (nSPS) is 24.5. The molecule has 0 amide bonds. The summed E-state index contributed by atoms with van der Waals surface area (Å²) in [6, 6.07) is 1.05. The van der Waals surface area contributed by atoms with Gasteiger partial charge in [0.25, 0.3) is 7.42 Å². The van der Waals surface area contributed by atoms with Crippen molar-refractivity contribution in [2.75, 3.05) is 0 Å². The van der Waals surface area contributed by atoms with Crippen molar-refractivity contribution in [3.05, 3.63) is 12.2 Å². The molecule has 11 heavy (non-hydrogen) atoms. The lowest BCUT2D eigenvalue weighted by Crippen LogP contribution is -2.04. The van der Waals surface area contributed by atoms with Gasteiger partial charge in [-0.1, -0.05) is 18.6 Å². The third kappa shape index (κ3) is 4.19. The van der Waals surface area contributed by atoms with E-state index >= 15 is 0 Å². The molecule has 0 spiro atoms. The molecule has 0 aromatic carbocycles. The van der Waals surface area contributed by atoms with Crippen molar-refractivity contribution >= 4 is 29.6 Å². The SMILES string of the molecule is Cl[Si](Cl)CCC1CC=CCC1. The summed E-state index contributed by atoms with van der Waals surface area (Å²) >= 11 is 11.5. The number of hydrogen-bond acceptors (Lipinski definition) is 0. The van der Waals surface area contributed by atoms with Crippen LogP contribution >= 0.6 is 22.2 Å². The van der Waals surface area contributed by atoms with Crippen LogP contribution in [0.3, 0.4) is 0 Å². The second-order valence-electron chi connectivity index (χ2n) is 3.03. The summed E-state index contributed by atoms with van der Waals surface area (Å²) in [4.78, 5) is 0. The Bertz CT molecular complexity index is 134. The minimum Gasteiger partial charge on any atom is -0.147 e. The Morgan fingerprint density at radius 1 is 1.36 bits per heavy atom. The van der Waals surface area contributed by atoms with Crippen LogP contribution in [0.5, 0.6) is 0 Å². The van der Waals surface area contributed by atoms with E-state index in [1.807, 2.05) is 0 Å². The van der Waals surface area contributed by atoms with E-state index in [0.717, 1.165) is 12.0 Å². The van der Waals surface area contributed by atoms with Gasteiger partial charge in [-0.3, -0.25) is 0 Å². The van der Waals surface area contributed by atoms with Crippen LogP contribution in [0.15, 0.2) is 12.2 Å². The molecule has 0 fully saturated rings. The predicted octanol–water partition coefficient (Wildman–Crippen LogP) is 3.70. The standard InChI is InChI=1S/C8H13Cl2Si/c9-11(10)7-6-8-4-2-1-3-5-8/h1-2,8H,3-7H2. The van der Waals surface area contributed by atoms with E-state index < -0.39 is 7.42 Å². The molecule has 0 aromatic rings. The van der Waals surface area contributed by atoms with Crippen molar-refractivity contribution in [3.63, 3.8) is 0 Å². The maximum Gasteiger partial charge on any atom is 0.273 e. The Morgan fingerprint density at radius 2 is 2.18 bits per heavy atom. The van der Waals surface area contributed by atoms with E-state index in [9.17, 15) is 0 Å². The van der Waals surface area contributed by atoms with Crippen LogP contribution in [0.25, 0.3) is 0 Å². The Balaban J connectivity index is 2.11. The van der Waals surface area contributed by atoms with Gasteiger partial charge in [-0.15, -0.1) is 22.2 Å². The highest BCUT2D eigenvalue weighted by Gasteiger charge is 2.12. The number of hydrogen-bond donors (Lipinski definition) is 0. The van der Waals surface area contributed by atoms with Crippen LogP contribution < -0.4 is 0 Å².